The van der Waals surface area contributed by atoms with Crippen molar-refractivity contribution in [3.63, 3.8) is 0 Å². The average Bonchev–Trinajstić information content (AvgIpc) is 2.91. The van der Waals surface area contributed by atoms with Crippen LogP contribution in [0.2, 0.25) is 0 Å². The summed E-state index contributed by atoms with van der Waals surface area (Å²) < 4.78 is 5.35. The van der Waals surface area contributed by atoms with Gasteiger partial charge in [-0.1, -0.05) is 31.2 Å². The highest BCUT2D eigenvalue weighted by Crippen LogP contribution is 2.30. The molecule has 2 aliphatic rings. The molecule has 126 valence electrons. The minimum Gasteiger partial charge on any atom is -0.379 e. The second-order valence-corrected chi connectivity index (χ2v) is 6.88. The summed E-state index contributed by atoms with van der Waals surface area (Å²) in [5, 5.41) is 13.6. The van der Waals surface area contributed by atoms with Crippen LogP contribution < -0.4 is 5.32 Å². The first-order valence-corrected chi connectivity index (χ1v) is 8.44. The predicted molar refractivity (Wildman–Crippen MR) is 88.2 cm³/mol. The number of hydrogen-bond donors (Lipinski definition) is 2. The Labute approximate surface area is 137 Å². The minimum absolute atomic E-state index is 0.248. The average molecular weight is 318 g/mol. The second-order valence-electron chi connectivity index (χ2n) is 6.88. The lowest BCUT2D eigenvalue weighted by atomic mass is 9.99. The summed E-state index contributed by atoms with van der Waals surface area (Å²) in [4.78, 5) is 14.8. The standard InChI is InChI=1S/C18H26N2O3/c1-14(13-20-6-8-23-9-7-20)12-19-17(21)18(22)10-15-4-2-3-5-16(15)11-18/h2-5,14,22H,6-13H2,1H3,(H,19,21). The van der Waals surface area contributed by atoms with Gasteiger partial charge in [0, 0.05) is 39.0 Å². The van der Waals surface area contributed by atoms with Gasteiger partial charge in [-0.15, -0.1) is 0 Å². The summed E-state index contributed by atoms with van der Waals surface area (Å²) in [6, 6.07) is 7.88. The highest BCUT2D eigenvalue weighted by molar-refractivity contribution is 5.86. The summed E-state index contributed by atoms with van der Waals surface area (Å²) in [5.41, 5.74) is 0.862. The highest BCUT2D eigenvalue weighted by atomic mass is 16.5. The number of ether oxygens (including phenoxy) is 1. The second kappa shape index (κ2) is 6.99. The maximum atomic E-state index is 12.4. The van der Waals surface area contributed by atoms with Gasteiger partial charge in [-0.05, 0) is 17.0 Å². The SMILES string of the molecule is CC(CNC(=O)C1(O)Cc2ccccc2C1)CN1CCOCC1. The molecule has 2 N–H and O–H groups in total. The molecule has 1 amide bonds. The van der Waals surface area contributed by atoms with Crippen LogP contribution in [0.3, 0.4) is 0 Å². The van der Waals surface area contributed by atoms with E-state index in [-0.39, 0.29) is 5.91 Å². The fourth-order valence-corrected chi connectivity index (χ4v) is 3.48. The molecule has 1 fully saturated rings. The Kier molecular flexibility index (Phi) is 4.99. The molecule has 1 aliphatic heterocycles. The zero-order valence-corrected chi connectivity index (χ0v) is 13.8. The number of benzene rings is 1. The molecular formula is C18H26N2O3. The molecular weight excluding hydrogens is 292 g/mol. The van der Waals surface area contributed by atoms with Gasteiger partial charge in [0.05, 0.1) is 13.2 Å². The van der Waals surface area contributed by atoms with Gasteiger partial charge in [0.15, 0.2) is 5.60 Å². The number of nitrogens with zero attached hydrogens (tertiary/aromatic N) is 1. The molecule has 1 aliphatic carbocycles. The fourth-order valence-electron chi connectivity index (χ4n) is 3.48. The van der Waals surface area contributed by atoms with Crippen molar-refractivity contribution in [2.24, 2.45) is 5.92 Å². The maximum absolute atomic E-state index is 12.4. The number of nitrogens with one attached hydrogen (secondary N) is 1. The molecule has 1 heterocycles. The molecule has 5 nitrogen and oxygen atoms in total. The molecule has 1 aromatic carbocycles. The molecule has 0 saturated carbocycles. The Morgan fingerprint density at radius 2 is 1.91 bits per heavy atom. The Balaban J connectivity index is 1.48. The lowest BCUT2D eigenvalue weighted by Crippen LogP contribution is -2.49. The minimum atomic E-state index is -1.29. The molecule has 5 heteroatoms. The van der Waals surface area contributed by atoms with E-state index in [2.05, 4.69) is 17.1 Å². The van der Waals surface area contributed by atoms with Crippen molar-refractivity contribution in [3.8, 4) is 0 Å². The van der Waals surface area contributed by atoms with Gasteiger partial charge in [0.2, 0.25) is 0 Å². The Morgan fingerprint density at radius 3 is 2.52 bits per heavy atom. The molecule has 0 bridgehead atoms. The smallest absolute Gasteiger partial charge is 0.252 e. The van der Waals surface area contributed by atoms with Crippen molar-refractivity contribution >= 4 is 5.91 Å². The third kappa shape index (κ3) is 3.91. The summed E-state index contributed by atoms with van der Waals surface area (Å²) in [6.07, 6.45) is 0.819. The number of fused-ring (bicyclic) bond motifs is 1. The summed E-state index contributed by atoms with van der Waals surface area (Å²) in [5.74, 6) is 0.104. The Morgan fingerprint density at radius 1 is 1.30 bits per heavy atom. The highest BCUT2D eigenvalue weighted by Gasteiger charge is 2.41. The van der Waals surface area contributed by atoms with Crippen LogP contribution in [0.5, 0.6) is 0 Å². The van der Waals surface area contributed by atoms with Gasteiger partial charge in [-0.25, -0.2) is 0 Å². The van der Waals surface area contributed by atoms with Crippen molar-refractivity contribution in [1.29, 1.82) is 0 Å². The maximum Gasteiger partial charge on any atom is 0.252 e. The molecule has 1 atom stereocenters. The van der Waals surface area contributed by atoms with Crippen LogP contribution in [0.25, 0.3) is 0 Å². The monoisotopic (exact) mass is 318 g/mol. The van der Waals surface area contributed by atoms with Crippen molar-refractivity contribution in [2.75, 3.05) is 39.4 Å². The largest absolute Gasteiger partial charge is 0.379 e. The Hall–Kier alpha value is -1.43. The van der Waals surface area contributed by atoms with Crippen molar-refractivity contribution in [2.45, 2.75) is 25.4 Å². The van der Waals surface area contributed by atoms with Crippen LogP contribution in [0.15, 0.2) is 24.3 Å². The van der Waals surface area contributed by atoms with Crippen LogP contribution in [-0.4, -0.2) is 60.9 Å². The van der Waals surface area contributed by atoms with E-state index in [9.17, 15) is 9.90 Å². The van der Waals surface area contributed by atoms with E-state index in [1.165, 1.54) is 0 Å². The molecule has 1 saturated heterocycles. The predicted octanol–water partition coefficient (Wildman–Crippen LogP) is 0.601. The zero-order valence-electron chi connectivity index (χ0n) is 13.8. The first-order valence-electron chi connectivity index (χ1n) is 8.44. The third-order valence-electron chi connectivity index (χ3n) is 4.79. The fraction of sp³-hybridized carbons (Fsp3) is 0.611. The van der Waals surface area contributed by atoms with E-state index >= 15 is 0 Å². The molecule has 1 unspecified atom stereocenters. The normalized spacial score (nSPS) is 21.7. The van der Waals surface area contributed by atoms with Gasteiger partial charge >= 0.3 is 0 Å². The van der Waals surface area contributed by atoms with E-state index in [1.807, 2.05) is 24.3 Å². The van der Waals surface area contributed by atoms with Crippen LogP contribution in [0, 0.1) is 5.92 Å². The zero-order chi connectivity index (χ0) is 16.3. The summed E-state index contributed by atoms with van der Waals surface area (Å²) in [6.45, 7) is 7.16. The van der Waals surface area contributed by atoms with Gasteiger partial charge in [0.25, 0.3) is 5.91 Å². The molecule has 1 aromatic rings. The Bertz CT molecular complexity index is 530. The number of amides is 1. The van der Waals surface area contributed by atoms with Crippen molar-refractivity contribution in [1.82, 2.24) is 10.2 Å². The van der Waals surface area contributed by atoms with Gasteiger partial charge < -0.3 is 15.2 Å². The first-order chi connectivity index (χ1) is 11.1. The molecule has 0 spiro atoms. The summed E-state index contributed by atoms with van der Waals surface area (Å²) in [7, 11) is 0. The molecule has 3 rings (SSSR count). The van der Waals surface area contributed by atoms with Crippen LogP contribution in [0.4, 0.5) is 0 Å². The number of carbonyl (C=O) groups is 1. The molecule has 0 radical (unpaired) electrons. The van der Waals surface area contributed by atoms with Gasteiger partial charge in [-0.2, -0.15) is 0 Å². The van der Waals surface area contributed by atoms with E-state index in [0.717, 1.165) is 44.0 Å². The molecule has 0 aromatic heterocycles. The van der Waals surface area contributed by atoms with E-state index in [4.69, 9.17) is 4.74 Å². The van der Waals surface area contributed by atoms with Crippen LogP contribution >= 0.6 is 0 Å². The van der Waals surface area contributed by atoms with Crippen LogP contribution in [0.1, 0.15) is 18.1 Å². The van der Waals surface area contributed by atoms with Gasteiger partial charge in [0.1, 0.15) is 0 Å². The van der Waals surface area contributed by atoms with Gasteiger partial charge in [-0.3, -0.25) is 9.69 Å². The van der Waals surface area contributed by atoms with E-state index in [1.54, 1.807) is 0 Å². The number of morpholine rings is 1. The first kappa shape index (κ1) is 16.4. The lowest BCUT2D eigenvalue weighted by Gasteiger charge is -2.29. The number of aliphatic hydroxyl groups is 1. The molecule has 23 heavy (non-hydrogen) atoms. The third-order valence-corrected chi connectivity index (χ3v) is 4.79. The number of rotatable bonds is 5. The van der Waals surface area contributed by atoms with Crippen LogP contribution in [-0.2, 0) is 22.4 Å². The number of carbonyl (C=O) groups excluding carboxylic acids is 1. The van der Waals surface area contributed by atoms with Crippen molar-refractivity contribution < 1.29 is 14.6 Å². The summed E-state index contributed by atoms with van der Waals surface area (Å²) >= 11 is 0. The van der Waals surface area contributed by atoms with E-state index < -0.39 is 5.60 Å². The number of hydrogen-bond acceptors (Lipinski definition) is 4. The lowest BCUT2D eigenvalue weighted by molar-refractivity contribution is -0.139. The van der Waals surface area contributed by atoms with E-state index in [0.29, 0.717) is 25.3 Å². The quantitative estimate of drug-likeness (QED) is 0.835. The van der Waals surface area contributed by atoms with Crippen molar-refractivity contribution in [3.05, 3.63) is 35.4 Å². The topological polar surface area (TPSA) is 61.8 Å².